The Morgan fingerprint density at radius 1 is 1.29 bits per heavy atom. The fourth-order valence-electron chi connectivity index (χ4n) is 1.25. The average Bonchev–Trinajstić information content (AvgIpc) is 2.43. The number of anilines is 1. The number of hydrogen-bond acceptors (Lipinski definition) is 3. The maximum absolute atomic E-state index is 11.2. The van der Waals surface area contributed by atoms with Crippen molar-refractivity contribution in [1.29, 1.82) is 0 Å². The molecule has 5 nitrogen and oxygen atoms in total. The Morgan fingerprint density at radius 2 is 2.00 bits per heavy atom. The van der Waals surface area contributed by atoms with E-state index in [0.717, 1.165) is 0 Å². The molecular weight excluding hydrogens is 186 g/mol. The van der Waals surface area contributed by atoms with Crippen LogP contribution < -0.4 is 10.1 Å². The maximum atomic E-state index is 11.2. The van der Waals surface area contributed by atoms with Crippen LogP contribution in [0.15, 0.2) is 18.2 Å². The Bertz CT molecular complexity index is 400. The van der Waals surface area contributed by atoms with Crippen LogP contribution in [0.3, 0.4) is 0 Å². The van der Waals surface area contributed by atoms with E-state index in [9.17, 15) is 9.59 Å². The highest BCUT2D eigenvalue weighted by Crippen LogP contribution is 2.26. The van der Waals surface area contributed by atoms with E-state index in [1.165, 1.54) is 7.11 Å². The second kappa shape index (κ2) is 3.47. The molecule has 5 heteroatoms. The van der Waals surface area contributed by atoms with Crippen molar-refractivity contribution >= 4 is 17.4 Å². The topological polar surface area (TPSA) is 86.9 Å². The van der Waals surface area contributed by atoms with Gasteiger partial charge in [0, 0.05) is 0 Å². The number of ether oxygens (including phenoxy) is 1. The van der Waals surface area contributed by atoms with Gasteiger partial charge in [0.25, 0.3) is 11.7 Å². The third kappa shape index (κ3) is 1.33. The Balaban J connectivity index is 0.000000980. The third-order valence-corrected chi connectivity index (χ3v) is 1.93. The first-order valence-corrected chi connectivity index (χ1v) is 3.76. The van der Waals surface area contributed by atoms with Crippen molar-refractivity contribution in [3.05, 3.63) is 23.8 Å². The molecule has 2 rings (SSSR count). The van der Waals surface area contributed by atoms with Crippen molar-refractivity contribution in [3.8, 4) is 5.75 Å². The molecule has 14 heavy (non-hydrogen) atoms. The van der Waals surface area contributed by atoms with Crippen molar-refractivity contribution in [3.63, 3.8) is 0 Å². The minimum Gasteiger partial charge on any atom is -0.497 e. The zero-order valence-electron chi connectivity index (χ0n) is 7.46. The second-order valence-electron chi connectivity index (χ2n) is 2.69. The van der Waals surface area contributed by atoms with Crippen LogP contribution in [0.2, 0.25) is 0 Å². The van der Waals surface area contributed by atoms with Gasteiger partial charge in [0.05, 0.1) is 18.4 Å². The van der Waals surface area contributed by atoms with E-state index in [1.54, 1.807) is 18.2 Å². The summed E-state index contributed by atoms with van der Waals surface area (Å²) in [4.78, 5) is 22.1. The molecule has 1 aliphatic heterocycles. The lowest BCUT2D eigenvalue weighted by Gasteiger charge is -2.00. The Hall–Kier alpha value is -1.88. The summed E-state index contributed by atoms with van der Waals surface area (Å²) < 4.78 is 4.93. The molecular formula is C9H9NO4. The smallest absolute Gasteiger partial charge is 0.296 e. The summed E-state index contributed by atoms with van der Waals surface area (Å²) in [5, 5.41) is 2.45. The molecule has 1 heterocycles. The molecule has 0 atom stereocenters. The Morgan fingerprint density at radius 3 is 2.64 bits per heavy atom. The van der Waals surface area contributed by atoms with Gasteiger partial charge in [0.2, 0.25) is 0 Å². The van der Waals surface area contributed by atoms with Gasteiger partial charge in [0.1, 0.15) is 5.75 Å². The predicted molar refractivity (Wildman–Crippen MR) is 49.6 cm³/mol. The van der Waals surface area contributed by atoms with Crippen LogP contribution in [0.25, 0.3) is 0 Å². The van der Waals surface area contributed by atoms with E-state index < -0.39 is 11.7 Å². The van der Waals surface area contributed by atoms with Gasteiger partial charge in [-0.05, 0) is 18.2 Å². The fraction of sp³-hybridized carbons (Fsp3) is 0.111. The summed E-state index contributed by atoms with van der Waals surface area (Å²) in [7, 11) is 1.51. The quantitative estimate of drug-likeness (QED) is 0.640. The van der Waals surface area contributed by atoms with Gasteiger partial charge in [-0.3, -0.25) is 9.59 Å². The van der Waals surface area contributed by atoms with Crippen LogP contribution in [-0.2, 0) is 4.79 Å². The van der Waals surface area contributed by atoms with E-state index >= 15 is 0 Å². The van der Waals surface area contributed by atoms with Crippen LogP contribution in [0.4, 0.5) is 5.69 Å². The fourth-order valence-corrected chi connectivity index (χ4v) is 1.25. The lowest BCUT2D eigenvalue weighted by molar-refractivity contribution is -0.112. The predicted octanol–water partition coefficient (Wildman–Crippen LogP) is 0.00530. The third-order valence-electron chi connectivity index (χ3n) is 1.93. The summed E-state index contributed by atoms with van der Waals surface area (Å²) >= 11 is 0. The Kier molecular flexibility index (Phi) is 2.53. The number of carbonyl (C=O) groups excluding carboxylic acids is 2. The average molecular weight is 195 g/mol. The lowest BCUT2D eigenvalue weighted by atomic mass is 10.1. The van der Waals surface area contributed by atoms with Crippen molar-refractivity contribution in [2.75, 3.05) is 12.4 Å². The highest BCUT2D eigenvalue weighted by molar-refractivity contribution is 6.51. The SMILES string of the molecule is COc1ccc2c(c1)C(=O)C(=O)N2.O. The van der Waals surface area contributed by atoms with Crippen LogP contribution in [-0.4, -0.2) is 24.3 Å². The minimum atomic E-state index is -0.580. The molecule has 0 unspecified atom stereocenters. The van der Waals surface area contributed by atoms with Crippen LogP contribution in [0, 0.1) is 0 Å². The summed E-state index contributed by atoms with van der Waals surface area (Å²) in [5.74, 6) is -0.513. The number of rotatable bonds is 1. The van der Waals surface area contributed by atoms with Gasteiger partial charge in [-0.25, -0.2) is 0 Å². The number of nitrogens with one attached hydrogen (secondary N) is 1. The number of ketones is 1. The van der Waals surface area contributed by atoms with Gasteiger partial charge in [-0.2, -0.15) is 0 Å². The van der Waals surface area contributed by atoms with E-state index in [0.29, 0.717) is 17.0 Å². The zero-order chi connectivity index (χ0) is 9.42. The van der Waals surface area contributed by atoms with E-state index in [1.807, 2.05) is 0 Å². The number of fused-ring (bicyclic) bond motifs is 1. The van der Waals surface area contributed by atoms with Gasteiger partial charge >= 0.3 is 0 Å². The monoisotopic (exact) mass is 195 g/mol. The molecule has 0 saturated heterocycles. The molecule has 1 aromatic rings. The summed E-state index contributed by atoms with van der Waals surface area (Å²) in [6.45, 7) is 0. The molecule has 1 aromatic carbocycles. The number of Topliss-reactive ketones (excluding diaryl/α,β-unsaturated/α-hetero) is 1. The summed E-state index contributed by atoms with van der Waals surface area (Å²) in [5.41, 5.74) is 0.931. The first-order chi connectivity index (χ1) is 6.22. The van der Waals surface area contributed by atoms with Gasteiger partial charge in [0.15, 0.2) is 0 Å². The van der Waals surface area contributed by atoms with E-state index in [4.69, 9.17) is 4.74 Å². The Labute approximate surface area is 80.0 Å². The normalized spacial score (nSPS) is 12.9. The first-order valence-electron chi connectivity index (χ1n) is 3.76. The molecule has 0 bridgehead atoms. The van der Waals surface area contributed by atoms with Crippen molar-refractivity contribution in [1.82, 2.24) is 0 Å². The molecule has 0 fully saturated rings. The highest BCUT2D eigenvalue weighted by Gasteiger charge is 2.27. The van der Waals surface area contributed by atoms with Crippen LogP contribution >= 0.6 is 0 Å². The van der Waals surface area contributed by atoms with E-state index in [-0.39, 0.29) is 5.48 Å². The molecule has 0 aromatic heterocycles. The van der Waals surface area contributed by atoms with Crippen molar-refractivity contribution in [2.24, 2.45) is 0 Å². The van der Waals surface area contributed by atoms with Gasteiger partial charge in [-0.15, -0.1) is 0 Å². The molecule has 0 radical (unpaired) electrons. The van der Waals surface area contributed by atoms with Crippen LogP contribution in [0.5, 0.6) is 5.75 Å². The van der Waals surface area contributed by atoms with E-state index in [2.05, 4.69) is 5.32 Å². The number of benzene rings is 1. The van der Waals surface area contributed by atoms with Gasteiger partial charge in [-0.1, -0.05) is 0 Å². The lowest BCUT2D eigenvalue weighted by Crippen LogP contribution is -2.12. The molecule has 0 aliphatic carbocycles. The largest absolute Gasteiger partial charge is 0.497 e. The maximum Gasteiger partial charge on any atom is 0.296 e. The standard InChI is InChI=1S/C9H7NO3.H2O/c1-13-5-2-3-7-6(4-5)8(11)9(12)10-7;/h2-4H,1H3,(H,10,11,12);1H2. The van der Waals surface area contributed by atoms with Gasteiger partial charge < -0.3 is 15.5 Å². The molecule has 1 aliphatic rings. The zero-order valence-corrected chi connectivity index (χ0v) is 7.46. The molecule has 0 saturated carbocycles. The molecule has 74 valence electrons. The number of methoxy groups -OCH3 is 1. The number of amides is 1. The van der Waals surface area contributed by atoms with Crippen molar-refractivity contribution < 1.29 is 19.8 Å². The van der Waals surface area contributed by atoms with Crippen molar-refractivity contribution in [2.45, 2.75) is 0 Å². The second-order valence-corrected chi connectivity index (χ2v) is 2.69. The summed E-state index contributed by atoms with van der Waals surface area (Å²) in [6, 6.07) is 4.89. The summed E-state index contributed by atoms with van der Waals surface area (Å²) in [6.07, 6.45) is 0. The number of hydrogen-bond donors (Lipinski definition) is 1. The molecule has 1 amide bonds. The first kappa shape index (κ1) is 10.2. The van der Waals surface area contributed by atoms with Crippen LogP contribution in [0.1, 0.15) is 10.4 Å². The minimum absolute atomic E-state index is 0. The molecule has 3 N–H and O–H groups in total. The molecule has 0 spiro atoms. The highest BCUT2D eigenvalue weighted by atomic mass is 16.5. The number of carbonyl (C=O) groups is 2.